The summed E-state index contributed by atoms with van der Waals surface area (Å²) >= 11 is 0. The van der Waals surface area contributed by atoms with Crippen molar-refractivity contribution in [2.75, 3.05) is 7.11 Å². The van der Waals surface area contributed by atoms with Crippen LogP contribution in [0.1, 0.15) is 52.2 Å². The first-order valence-corrected chi connectivity index (χ1v) is 11.3. The van der Waals surface area contributed by atoms with Crippen LogP contribution in [-0.4, -0.2) is 30.8 Å². The molecule has 4 atom stereocenters. The van der Waals surface area contributed by atoms with Crippen molar-refractivity contribution in [2.24, 2.45) is 5.41 Å². The second-order valence-electron chi connectivity index (χ2n) is 9.42. The summed E-state index contributed by atoms with van der Waals surface area (Å²) < 4.78 is 17.6. The molecule has 3 aromatic carbocycles. The Morgan fingerprint density at radius 2 is 1.45 bits per heavy atom. The van der Waals surface area contributed by atoms with E-state index >= 15 is 0 Å². The minimum absolute atomic E-state index is 0.0238. The smallest absolute Gasteiger partial charge is 0.343 e. The lowest BCUT2D eigenvalue weighted by Crippen LogP contribution is -2.58. The van der Waals surface area contributed by atoms with Crippen molar-refractivity contribution in [3.63, 3.8) is 0 Å². The number of hydrogen-bond acceptors (Lipinski definition) is 5. The van der Waals surface area contributed by atoms with Gasteiger partial charge >= 0.3 is 11.9 Å². The van der Waals surface area contributed by atoms with E-state index in [0.29, 0.717) is 6.42 Å². The molecule has 0 N–H and O–H groups in total. The molecule has 3 aromatic rings. The summed E-state index contributed by atoms with van der Waals surface area (Å²) in [7, 11) is 1.40. The van der Waals surface area contributed by atoms with Crippen molar-refractivity contribution < 1.29 is 23.8 Å². The molecule has 0 aromatic heterocycles. The highest BCUT2D eigenvalue weighted by Crippen LogP contribution is 2.73. The molecule has 5 aliphatic rings. The summed E-state index contributed by atoms with van der Waals surface area (Å²) in [6.07, 6.45) is -0.609. The van der Waals surface area contributed by atoms with E-state index in [2.05, 4.69) is 24.3 Å². The Morgan fingerprint density at radius 3 is 2.03 bits per heavy atom. The van der Waals surface area contributed by atoms with Crippen molar-refractivity contribution in [2.45, 2.75) is 36.1 Å². The van der Waals surface area contributed by atoms with Crippen LogP contribution in [0.4, 0.5) is 0 Å². The van der Waals surface area contributed by atoms with Crippen LogP contribution in [0.2, 0.25) is 0 Å². The van der Waals surface area contributed by atoms with Crippen LogP contribution in [0.3, 0.4) is 0 Å². The van der Waals surface area contributed by atoms with Crippen molar-refractivity contribution in [1.29, 1.82) is 0 Å². The molecular weight excluding hydrogens is 416 g/mol. The van der Waals surface area contributed by atoms with E-state index in [9.17, 15) is 9.59 Å². The van der Waals surface area contributed by atoms with Crippen LogP contribution in [0, 0.1) is 5.41 Å². The van der Waals surface area contributed by atoms with Gasteiger partial charge in [0.15, 0.2) is 6.10 Å². The van der Waals surface area contributed by atoms with Crippen molar-refractivity contribution in [3.05, 3.63) is 107 Å². The fraction of sp³-hybridized carbons (Fsp3) is 0.286. The first-order chi connectivity index (χ1) is 16.1. The third-order valence-corrected chi connectivity index (χ3v) is 8.19. The molecular formula is C28H22O5. The van der Waals surface area contributed by atoms with Gasteiger partial charge in [0.05, 0.1) is 7.11 Å². The number of rotatable bonds is 3. The molecule has 0 radical (unpaired) electrons. The van der Waals surface area contributed by atoms with Gasteiger partial charge in [-0.25, -0.2) is 4.79 Å². The monoisotopic (exact) mass is 438 g/mol. The molecule has 5 heteroatoms. The van der Waals surface area contributed by atoms with Gasteiger partial charge in [0.2, 0.25) is 5.60 Å². The van der Waals surface area contributed by atoms with Crippen molar-refractivity contribution >= 4 is 11.9 Å². The lowest BCUT2D eigenvalue weighted by molar-refractivity contribution is -0.174. The number of benzene rings is 3. The number of fused-ring (bicyclic) bond motifs is 3. The fourth-order valence-corrected chi connectivity index (χ4v) is 6.91. The van der Waals surface area contributed by atoms with Crippen LogP contribution in [0.25, 0.3) is 0 Å². The Balaban J connectivity index is 1.46. The Morgan fingerprint density at radius 1 is 0.879 bits per heavy atom. The Labute approximate surface area is 191 Å². The van der Waals surface area contributed by atoms with Gasteiger partial charge < -0.3 is 14.2 Å². The molecule has 0 spiro atoms. The quantitative estimate of drug-likeness (QED) is 0.452. The predicted molar refractivity (Wildman–Crippen MR) is 119 cm³/mol. The topological polar surface area (TPSA) is 65.1 Å². The number of hydrogen-bond donors (Lipinski definition) is 0. The zero-order valence-corrected chi connectivity index (χ0v) is 18.1. The van der Waals surface area contributed by atoms with Gasteiger partial charge in [-0.05, 0) is 34.2 Å². The van der Waals surface area contributed by atoms with E-state index in [0.717, 1.165) is 16.7 Å². The SMILES string of the molecule is COC(=O)C1([C@@]23O[C@@H]2[C@H](c2ccccc2)OC3=O)CC2c3ccccc3C1c1ccccc12. The largest absolute Gasteiger partial charge is 0.468 e. The molecule has 1 unspecified atom stereocenters. The van der Waals surface area contributed by atoms with Gasteiger partial charge in [-0.15, -0.1) is 0 Å². The van der Waals surface area contributed by atoms with Crippen LogP contribution < -0.4 is 0 Å². The zero-order valence-electron chi connectivity index (χ0n) is 18.1. The lowest BCUT2D eigenvalue weighted by Gasteiger charge is -2.52. The maximum Gasteiger partial charge on any atom is 0.343 e. The standard InChI is InChI=1S/C28H22O5/c1-31-25(29)27(28-24(33-28)23(32-26(28)30)16-9-3-2-4-10-16)15-21-17-11-5-7-13-19(17)22(27)20-14-8-6-12-18(20)21/h2-14,21-24H,15H2,1H3/t21?,22?,23-,24+,27?,28+/m0/s1. The maximum absolute atomic E-state index is 13.8. The number of carbonyl (C=O) groups excluding carboxylic acids is 2. The van der Waals surface area contributed by atoms with Gasteiger partial charge in [-0.3, -0.25) is 4.79 Å². The number of epoxide rings is 1. The molecule has 0 saturated carbocycles. The van der Waals surface area contributed by atoms with Gasteiger partial charge in [0, 0.05) is 11.8 Å². The van der Waals surface area contributed by atoms with E-state index in [4.69, 9.17) is 14.2 Å². The normalized spacial score (nSPS) is 34.6. The number of ether oxygens (including phenoxy) is 3. The maximum atomic E-state index is 13.8. The third-order valence-electron chi connectivity index (χ3n) is 8.19. The van der Waals surface area contributed by atoms with Crippen LogP contribution in [-0.2, 0) is 23.8 Å². The van der Waals surface area contributed by atoms with E-state index in [-0.39, 0.29) is 11.8 Å². The van der Waals surface area contributed by atoms with Gasteiger partial charge in [0.25, 0.3) is 0 Å². The highest BCUT2D eigenvalue weighted by molar-refractivity contribution is 5.98. The second kappa shape index (κ2) is 6.33. The third kappa shape index (κ3) is 2.12. The minimum atomic E-state index is -1.36. The molecule has 2 saturated heterocycles. The van der Waals surface area contributed by atoms with Gasteiger partial charge in [0.1, 0.15) is 11.5 Å². The molecule has 8 rings (SSSR count). The van der Waals surface area contributed by atoms with Crippen molar-refractivity contribution in [3.8, 4) is 0 Å². The molecule has 2 heterocycles. The average Bonchev–Trinajstić information content (AvgIpc) is 3.57. The van der Waals surface area contributed by atoms with E-state index in [1.54, 1.807) is 0 Å². The minimum Gasteiger partial charge on any atom is -0.468 e. The van der Waals surface area contributed by atoms with Crippen LogP contribution in [0.5, 0.6) is 0 Å². The molecule has 2 aliphatic heterocycles. The molecule has 164 valence electrons. The number of methoxy groups -OCH3 is 1. The molecule has 5 nitrogen and oxygen atoms in total. The van der Waals surface area contributed by atoms with E-state index in [1.165, 1.54) is 18.2 Å². The molecule has 0 amide bonds. The second-order valence-corrected chi connectivity index (χ2v) is 9.42. The molecule has 33 heavy (non-hydrogen) atoms. The summed E-state index contributed by atoms with van der Waals surface area (Å²) in [5.41, 5.74) is 2.87. The average molecular weight is 438 g/mol. The number of carbonyl (C=O) groups is 2. The van der Waals surface area contributed by atoms with E-state index in [1.807, 2.05) is 54.6 Å². The van der Waals surface area contributed by atoms with Gasteiger partial charge in [-0.2, -0.15) is 0 Å². The van der Waals surface area contributed by atoms with Crippen LogP contribution >= 0.6 is 0 Å². The lowest BCUT2D eigenvalue weighted by atomic mass is 9.47. The number of cyclic esters (lactones) is 1. The Hall–Kier alpha value is -3.44. The Kier molecular flexibility index (Phi) is 3.66. The number of esters is 2. The van der Waals surface area contributed by atoms with E-state index < -0.39 is 35.2 Å². The predicted octanol–water partition coefficient (Wildman–Crippen LogP) is 4.26. The molecule has 2 fully saturated rings. The first kappa shape index (κ1) is 19.1. The summed E-state index contributed by atoms with van der Waals surface area (Å²) in [6.45, 7) is 0. The Bertz CT molecular complexity index is 1270. The molecule has 2 bridgehead atoms. The van der Waals surface area contributed by atoms with Crippen molar-refractivity contribution in [1.82, 2.24) is 0 Å². The van der Waals surface area contributed by atoms with Crippen LogP contribution in [0.15, 0.2) is 78.9 Å². The van der Waals surface area contributed by atoms with Gasteiger partial charge in [-0.1, -0.05) is 78.9 Å². The highest BCUT2D eigenvalue weighted by atomic mass is 16.7. The first-order valence-electron chi connectivity index (χ1n) is 11.3. The summed E-state index contributed by atoms with van der Waals surface area (Å²) in [5.74, 6) is -1.25. The summed E-state index contributed by atoms with van der Waals surface area (Å²) in [4.78, 5) is 27.4. The summed E-state index contributed by atoms with van der Waals surface area (Å²) in [5, 5.41) is 0. The summed E-state index contributed by atoms with van der Waals surface area (Å²) in [6, 6.07) is 26.1. The highest BCUT2D eigenvalue weighted by Gasteiger charge is 2.86. The fourth-order valence-electron chi connectivity index (χ4n) is 6.91. The molecule has 3 aliphatic carbocycles. The zero-order chi connectivity index (χ0) is 22.4.